The van der Waals surface area contributed by atoms with E-state index in [-0.39, 0.29) is 23.7 Å². The summed E-state index contributed by atoms with van der Waals surface area (Å²) in [5, 5.41) is 23.3. The van der Waals surface area contributed by atoms with Gasteiger partial charge in [0.2, 0.25) is 0 Å². The molecule has 7 heteroatoms. The summed E-state index contributed by atoms with van der Waals surface area (Å²) in [6.45, 7) is 0.191. The molecule has 0 aromatic heterocycles. The second-order valence-corrected chi connectivity index (χ2v) is 4.30. The largest absolute Gasteiger partial charge is 0.507 e. The van der Waals surface area contributed by atoms with E-state index in [0.29, 0.717) is 11.3 Å². The van der Waals surface area contributed by atoms with Gasteiger partial charge in [-0.3, -0.25) is 10.1 Å². The predicted octanol–water partition coefficient (Wildman–Crippen LogP) is 3.06. The van der Waals surface area contributed by atoms with E-state index in [4.69, 9.17) is 4.74 Å². The van der Waals surface area contributed by atoms with Gasteiger partial charge in [0.25, 0.3) is 5.69 Å². The van der Waals surface area contributed by atoms with Crippen molar-refractivity contribution in [1.82, 2.24) is 0 Å². The molecule has 0 fully saturated rings. The van der Waals surface area contributed by atoms with Crippen molar-refractivity contribution >= 4 is 11.4 Å². The summed E-state index contributed by atoms with van der Waals surface area (Å²) in [7, 11) is 1.48. The standard InChI is InChI=1S/C14H13FN2O4/c1-21-13-3-2-9(14(18)7-13)8-16-11-4-10(15)5-12(6-11)17(19)20/h2-7,16,18H,8H2,1H3. The number of hydrogen-bond acceptors (Lipinski definition) is 5. The number of anilines is 1. The number of halogens is 1. The molecule has 2 aromatic rings. The van der Waals surface area contributed by atoms with Crippen molar-refractivity contribution in [3.05, 3.63) is 57.9 Å². The molecule has 0 saturated heterocycles. The van der Waals surface area contributed by atoms with E-state index in [2.05, 4.69) is 5.32 Å². The lowest BCUT2D eigenvalue weighted by atomic mass is 10.2. The lowest BCUT2D eigenvalue weighted by Gasteiger charge is -2.09. The van der Waals surface area contributed by atoms with Gasteiger partial charge in [0.1, 0.15) is 17.3 Å². The molecule has 0 aliphatic heterocycles. The van der Waals surface area contributed by atoms with Crippen molar-refractivity contribution in [2.24, 2.45) is 0 Å². The third kappa shape index (κ3) is 3.59. The molecule has 2 rings (SSSR count). The molecule has 0 saturated carbocycles. The summed E-state index contributed by atoms with van der Waals surface area (Å²) in [4.78, 5) is 9.99. The quantitative estimate of drug-likeness (QED) is 0.653. The highest BCUT2D eigenvalue weighted by atomic mass is 19.1. The van der Waals surface area contributed by atoms with Crippen molar-refractivity contribution in [3.63, 3.8) is 0 Å². The molecule has 0 spiro atoms. The molecular weight excluding hydrogens is 279 g/mol. The minimum atomic E-state index is -0.703. The molecule has 0 atom stereocenters. The van der Waals surface area contributed by atoms with Gasteiger partial charge in [-0.1, -0.05) is 0 Å². The van der Waals surface area contributed by atoms with Crippen LogP contribution in [0.25, 0.3) is 0 Å². The Labute approximate surface area is 119 Å². The highest BCUT2D eigenvalue weighted by molar-refractivity contribution is 5.52. The Balaban J connectivity index is 2.14. The van der Waals surface area contributed by atoms with Gasteiger partial charge in [0.05, 0.1) is 18.1 Å². The molecule has 0 aliphatic rings. The van der Waals surface area contributed by atoms with Gasteiger partial charge in [0.15, 0.2) is 0 Å². The summed E-state index contributed by atoms with van der Waals surface area (Å²) in [6.07, 6.45) is 0. The second kappa shape index (κ2) is 6.08. The number of nitrogens with zero attached hydrogens (tertiary/aromatic N) is 1. The zero-order valence-electron chi connectivity index (χ0n) is 11.2. The van der Waals surface area contributed by atoms with Gasteiger partial charge in [-0.2, -0.15) is 0 Å². The number of nitro benzene ring substituents is 1. The van der Waals surface area contributed by atoms with Crippen molar-refractivity contribution in [2.75, 3.05) is 12.4 Å². The van der Waals surface area contributed by atoms with E-state index in [1.165, 1.54) is 19.2 Å². The Morgan fingerprint density at radius 2 is 2.10 bits per heavy atom. The number of phenolic OH excluding ortho intramolecular Hbond substituents is 1. The normalized spacial score (nSPS) is 10.2. The van der Waals surface area contributed by atoms with Crippen LogP contribution >= 0.6 is 0 Å². The maximum absolute atomic E-state index is 13.3. The van der Waals surface area contributed by atoms with Crippen LogP contribution in [0.2, 0.25) is 0 Å². The smallest absolute Gasteiger partial charge is 0.274 e. The van der Waals surface area contributed by atoms with E-state index in [1.54, 1.807) is 12.1 Å². The third-order valence-electron chi connectivity index (χ3n) is 2.87. The van der Waals surface area contributed by atoms with Crippen molar-refractivity contribution in [3.8, 4) is 11.5 Å². The van der Waals surface area contributed by atoms with Crippen molar-refractivity contribution < 1.29 is 19.2 Å². The molecule has 0 bridgehead atoms. The maximum Gasteiger partial charge on any atom is 0.274 e. The van der Waals surface area contributed by atoms with Gasteiger partial charge in [-0.25, -0.2) is 4.39 Å². The molecule has 0 heterocycles. The summed E-state index contributed by atoms with van der Waals surface area (Å²) in [6, 6.07) is 7.98. The van der Waals surface area contributed by atoms with Crippen LogP contribution in [0.4, 0.5) is 15.8 Å². The average molecular weight is 292 g/mol. The zero-order chi connectivity index (χ0) is 15.4. The first-order valence-electron chi connectivity index (χ1n) is 6.04. The number of methoxy groups -OCH3 is 1. The molecule has 2 N–H and O–H groups in total. The van der Waals surface area contributed by atoms with Gasteiger partial charge in [-0.05, 0) is 18.2 Å². The van der Waals surface area contributed by atoms with Crippen LogP contribution in [0.15, 0.2) is 36.4 Å². The van der Waals surface area contributed by atoms with Gasteiger partial charge in [0, 0.05) is 29.9 Å². The fourth-order valence-corrected chi connectivity index (χ4v) is 1.80. The highest BCUT2D eigenvalue weighted by Gasteiger charge is 2.10. The molecule has 0 amide bonds. The molecule has 2 aromatic carbocycles. The summed E-state index contributed by atoms with van der Waals surface area (Å²) in [5.41, 5.74) is 0.482. The maximum atomic E-state index is 13.3. The summed E-state index contributed by atoms with van der Waals surface area (Å²) < 4.78 is 18.2. The zero-order valence-corrected chi connectivity index (χ0v) is 11.2. The summed E-state index contributed by atoms with van der Waals surface area (Å²) >= 11 is 0. The van der Waals surface area contributed by atoms with Crippen LogP contribution in [-0.4, -0.2) is 17.1 Å². The number of rotatable bonds is 5. The predicted molar refractivity (Wildman–Crippen MR) is 75.0 cm³/mol. The summed E-state index contributed by atoms with van der Waals surface area (Å²) in [5.74, 6) is -0.170. The van der Waals surface area contributed by atoms with E-state index in [9.17, 15) is 19.6 Å². The topological polar surface area (TPSA) is 84.6 Å². The lowest BCUT2D eigenvalue weighted by molar-refractivity contribution is -0.385. The molecular formula is C14H13FN2O4. The number of nitrogens with one attached hydrogen (secondary N) is 1. The fourth-order valence-electron chi connectivity index (χ4n) is 1.80. The van der Waals surface area contributed by atoms with Crippen molar-refractivity contribution in [2.45, 2.75) is 6.54 Å². The first-order chi connectivity index (χ1) is 9.99. The number of non-ortho nitro benzene ring substituents is 1. The molecule has 110 valence electrons. The van der Waals surface area contributed by atoms with Crippen LogP contribution in [-0.2, 0) is 6.54 Å². The number of phenols is 1. The highest BCUT2D eigenvalue weighted by Crippen LogP contribution is 2.25. The van der Waals surface area contributed by atoms with Crippen LogP contribution in [0.1, 0.15) is 5.56 Å². The second-order valence-electron chi connectivity index (χ2n) is 4.30. The Morgan fingerprint density at radius 1 is 1.33 bits per heavy atom. The fraction of sp³-hybridized carbons (Fsp3) is 0.143. The first-order valence-corrected chi connectivity index (χ1v) is 6.04. The van der Waals surface area contributed by atoms with E-state index in [1.807, 2.05) is 0 Å². The Kier molecular flexibility index (Phi) is 4.22. The molecule has 0 unspecified atom stereocenters. The van der Waals surface area contributed by atoms with E-state index >= 15 is 0 Å². The number of hydrogen-bond donors (Lipinski definition) is 2. The SMILES string of the molecule is COc1ccc(CNc2cc(F)cc([N+](=O)[O-])c2)c(O)c1. The van der Waals surface area contributed by atoms with Gasteiger partial charge >= 0.3 is 0 Å². The minimum Gasteiger partial charge on any atom is -0.507 e. The number of aromatic hydroxyl groups is 1. The average Bonchev–Trinajstić information content (AvgIpc) is 2.45. The van der Waals surface area contributed by atoms with Gasteiger partial charge in [-0.15, -0.1) is 0 Å². The molecule has 6 nitrogen and oxygen atoms in total. The van der Waals surface area contributed by atoms with Crippen LogP contribution in [0.5, 0.6) is 11.5 Å². The molecule has 0 aliphatic carbocycles. The molecule has 21 heavy (non-hydrogen) atoms. The van der Waals surface area contributed by atoms with E-state index in [0.717, 1.165) is 12.1 Å². The Hall–Kier alpha value is -2.83. The number of ether oxygens (including phenoxy) is 1. The molecule has 0 radical (unpaired) electrons. The lowest BCUT2D eigenvalue weighted by Crippen LogP contribution is -2.01. The van der Waals surface area contributed by atoms with Crippen LogP contribution in [0.3, 0.4) is 0 Å². The van der Waals surface area contributed by atoms with Crippen LogP contribution in [0, 0.1) is 15.9 Å². The van der Waals surface area contributed by atoms with E-state index < -0.39 is 10.7 Å². The Morgan fingerprint density at radius 3 is 2.71 bits per heavy atom. The minimum absolute atomic E-state index is 0.0211. The monoisotopic (exact) mass is 292 g/mol. The van der Waals surface area contributed by atoms with Crippen molar-refractivity contribution in [1.29, 1.82) is 0 Å². The number of benzene rings is 2. The third-order valence-corrected chi connectivity index (χ3v) is 2.87. The first kappa shape index (κ1) is 14.6. The van der Waals surface area contributed by atoms with Gasteiger partial charge < -0.3 is 15.2 Å². The van der Waals surface area contributed by atoms with Crippen LogP contribution < -0.4 is 10.1 Å². The Bertz CT molecular complexity index is 676. The number of nitro groups is 1.